The molecule has 0 aliphatic rings. The molecule has 78 valence electrons. The Morgan fingerprint density at radius 3 is 2.15 bits per heavy atom. The Balaban J connectivity index is 4.38. The third-order valence-corrected chi connectivity index (χ3v) is 2.62. The monoisotopic (exact) mass is 209 g/mol. The maximum atomic E-state index is 10.9. The number of carbonyl (C=O) groups is 1. The van der Waals surface area contributed by atoms with E-state index in [0.717, 1.165) is 0 Å². The van der Waals surface area contributed by atoms with Gasteiger partial charge in [0.2, 0.25) is 5.91 Å². The first-order valence-corrected chi connectivity index (χ1v) is 5.74. The summed E-state index contributed by atoms with van der Waals surface area (Å²) < 4.78 is 10.9. The molecule has 0 heterocycles. The Morgan fingerprint density at radius 2 is 1.92 bits per heavy atom. The van der Waals surface area contributed by atoms with Gasteiger partial charge in [-0.3, -0.25) is 9.36 Å². The first kappa shape index (κ1) is 12.6. The zero-order valence-corrected chi connectivity index (χ0v) is 8.91. The predicted molar refractivity (Wildman–Crippen MR) is 49.1 cm³/mol. The van der Waals surface area contributed by atoms with Crippen LogP contribution in [-0.4, -0.2) is 21.5 Å². The highest BCUT2D eigenvalue weighted by molar-refractivity contribution is 7.52. The highest BCUT2D eigenvalue weighted by Gasteiger charge is 2.29. The molecule has 0 aromatic rings. The minimum Gasteiger partial charge on any atom is -0.342 e. The molecule has 0 aliphatic heterocycles. The van der Waals surface area contributed by atoms with Gasteiger partial charge in [0.25, 0.3) is 0 Å². The molecule has 0 aliphatic carbocycles. The van der Waals surface area contributed by atoms with Gasteiger partial charge in [-0.2, -0.15) is 0 Å². The van der Waals surface area contributed by atoms with Crippen molar-refractivity contribution in [3.8, 4) is 0 Å². The van der Waals surface area contributed by atoms with Crippen LogP contribution in [-0.2, 0) is 9.36 Å². The summed E-state index contributed by atoms with van der Waals surface area (Å²) in [5.41, 5.74) is 0. The Bertz CT molecular complexity index is 223. The molecule has 1 unspecified atom stereocenters. The van der Waals surface area contributed by atoms with Gasteiger partial charge in [-0.1, -0.05) is 13.8 Å². The van der Waals surface area contributed by atoms with Crippen LogP contribution in [0.25, 0.3) is 0 Å². The van der Waals surface area contributed by atoms with Crippen molar-refractivity contribution in [1.82, 2.24) is 5.32 Å². The molecule has 0 aromatic heterocycles. The number of hydrogen-bond donors (Lipinski definition) is 3. The highest BCUT2D eigenvalue weighted by Crippen LogP contribution is 2.42. The van der Waals surface area contributed by atoms with Crippen molar-refractivity contribution < 1.29 is 19.1 Å². The lowest BCUT2D eigenvalue weighted by Gasteiger charge is -2.20. The van der Waals surface area contributed by atoms with E-state index >= 15 is 0 Å². The summed E-state index contributed by atoms with van der Waals surface area (Å²) in [6.45, 7) is 4.91. The normalized spacial score (nSPS) is 14.3. The van der Waals surface area contributed by atoms with E-state index in [-0.39, 0.29) is 12.3 Å². The lowest BCUT2D eigenvalue weighted by atomic mass is 10.1. The second-order valence-electron chi connectivity index (χ2n) is 3.43. The summed E-state index contributed by atoms with van der Waals surface area (Å²) >= 11 is 0. The molecule has 0 spiro atoms. The predicted octanol–water partition coefficient (Wildman–Crippen LogP) is 0.672. The van der Waals surface area contributed by atoms with Gasteiger partial charge in [0, 0.05) is 6.92 Å². The second-order valence-corrected chi connectivity index (χ2v) is 5.24. The Hall–Kier alpha value is -0.380. The first-order chi connectivity index (χ1) is 5.73. The number of carbonyl (C=O) groups excluding carboxylic acids is 1. The van der Waals surface area contributed by atoms with Crippen LogP contribution in [0.1, 0.15) is 27.2 Å². The first-order valence-electron chi connectivity index (χ1n) is 4.05. The summed E-state index contributed by atoms with van der Waals surface area (Å²) in [7, 11) is -4.22. The van der Waals surface area contributed by atoms with Crippen LogP contribution in [0.15, 0.2) is 0 Å². The molecule has 0 saturated heterocycles. The largest absolute Gasteiger partial charge is 0.347 e. The molecule has 0 fully saturated rings. The van der Waals surface area contributed by atoms with Gasteiger partial charge < -0.3 is 15.1 Å². The van der Waals surface area contributed by atoms with Crippen LogP contribution >= 0.6 is 7.60 Å². The summed E-state index contributed by atoms with van der Waals surface area (Å²) in [4.78, 5) is 28.4. The Kier molecular flexibility index (Phi) is 4.61. The lowest BCUT2D eigenvalue weighted by molar-refractivity contribution is -0.119. The molecule has 3 N–H and O–H groups in total. The van der Waals surface area contributed by atoms with E-state index < -0.39 is 19.3 Å². The Labute approximate surface area is 77.7 Å². The average molecular weight is 209 g/mol. The van der Waals surface area contributed by atoms with Gasteiger partial charge in [0.1, 0.15) is 5.78 Å². The fourth-order valence-electron chi connectivity index (χ4n) is 0.961. The van der Waals surface area contributed by atoms with E-state index in [4.69, 9.17) is 9.79 Å². The third kappa shape index (κ3) is 5.80. The minimum absolute atomic E-state index is 0.129. The van der Waals surface area contributed by atoms with Crippen LogP contribution < -0.4 is 5.32 Å². The number of rotatable bonds is 4. The van der Waals surface area contributed by atoms with Crippen molar-refractivity contribution in [3.63, 3.8) is 0 Å². The van der Waals surface area contributed by atoms with Gasteiger partial charge in [-0.15, -0.1) is 0 Å². The van der Waals surface area contributed by atoms with Gasteiger partial charge >= 0.3 is 7.60 Å². The molecule has 0 saturated carbocycles. The fraction of sp³-hybridized carbons (Fsp3) is 0.857. The molecule has 6 heteroatoms. The van der Waals surface area contributed by atoms with Gasteiger partial charge in [0.15, 0.2) is 0 Å². The summed E-state index contributed by atoms with van der Waals surface area (Å²) in [6.07, 6.45) is 0.282. The number of amides is 1. The van der Waals surface area contributed by atoms with E-state index in [0.29, 0.717) is 0 Å². The molecule has 5 nitrogen and oxygen atoms in total. The molecule has 0 rings (SSSR count). The lowest BCUT2D eigenvalue weighted by Crippen LogP contribution is -2.33. The van der Waals surface area contributed by atoms with Crippen LogP contribution in [0.3, 0.4) is 0 Å². The van der Waals surface area contributed by atoms with Crippen LogP contribution in [0.2, 0.25) is 0 Å². The Morgan fingerprint density at radius 1 is 1.46 bits per heavy atom. The molecule has 0 bridgehead atoms. The molecule has 0 radical (unpaired) electrons. The molecular weight excluding hydrogens is 193 g/mol. The summed E-state index contributed by atoms with van der Waals surface area (Å²) in [5.74, 6) is -1.34. The van der Waals surface area contributed by atoms with Crippen molar-refractivity contribution in [2.24, 2.45) is 5.92 Å². The van der Waals surface area contributed by atoms with Gasteiger partial charge in [-0.25, -0.2) is 0 Å². The summed E-state index contributed by atoms with van der Waals surface area (Å²) in [5, 5.41) is 2.25. The van der Waals surface area contributed by atoms with Crippen molar-refractivity contribution in [3.05, 3.63) is 0 Å². The van der Waals surface area contributed by atoms with Crippen LogP contribution in [0.5, 0.6) is 0 Å². The van der Waals surface area contributed by atoms with Gasteiger partial charge in [0.05, 0.1) is 0 Å². The maximum Gasteiger partial charge on any atom is 0.347 e. The van der Waals surface area contributed by atoms with E-state index in [1.54, 1.807) is 0 Å². The zero-order valence-electron chi connectivity index (χ0n) is 8.02. The van der Waals surface area contributed by atoms with Crippen molar-refractivity contribution in [1.29, 1.82) is 0 Å². The maximum absolute atomic E-state index is 10.9. The molecule has 1 atom stereocenters. The minimum atomic E-state index is -4.22. The van der Waals surface area contributed by atoms with E-state index in [2.05, 4.69) is 5.32 Å². The highest BCUT2D eigenvalue weighted by atomic mass is 31.2. The molecular formula is C7H16NO4P. The SMILES string of the molecule is CC(=O)NC(CC(C)C)P(=O)(O)O. The quantitative estimate of drug-likeness (QED) is 0.594. The molecule has 0 aromatic carbocycles. The molecule has 1 amide bonds. The van der Waals surface area contributed by atoms with Gasteiger partial charge in [-0.05, 0) is 12.3 Å². The smallest absolute Gasteiger partial charge is 0.342 e. The summed E-state index contributed by atoms with van der Waals surface area (Å²) in [6, 6.07) is 0. The standard InChI is InChI=1S/C7H16NO4P/c1-5(2)4-7(8-6(3)9)13(10,11)12/h5,7H,4H2,1-3H3,(H,8,9)(H2,10,11,12). The molecule has 13 heavy (non-hydrogen) atoms. The number of nitrogens with one attached hydrogen (secondary N) is 1. The van der Waals surface area contributed by atoms with E-state index in [1.165, 1.54) is 6.92 Å². The third-order valence-electron chi connectivity index (χ3n) is 1.47. The zero-order chi connectivity index (χ0) is 10.6. The van der Waals surface area contributed by atoms with Crippen molar-refractivity contribution >= 4 is 13.5 Å². The number of hydrogen-bond acceptors (Lipinski definition) is 2. The topological polar surface area (TPSA) is 86.6 Å². The second kappa shape index (κ2) is 4.74. The van der Waals surface area contributed by atoms with E-state index in [9.17, 15) is 9.36 Å². The van der Waals surface area contributed by atoms with Crippen molar-refractivity contribution in [2.45, 2.75) is 33.0 Å². The fourth-order valence-corrected chi connectivity index (χ4v) is 2.01. The average Bonchev–Trinajstić information content (AvgIpc) is 1.81. The van der Waals surface area contributed by atoms with Crippen LogP contribution in [0.4, 0.5) is 0 Å². The van der Waals surface area contributed by atoms with Crippen molar-refractivity contribution in [2.75, 3.05) is 0 Å². The van der Waals surface area contributed by atoms with Crippen LogP contribution in [0, 0.1) is 5.92 Å². The van der Waals surface area contributed by atoms with E-state index in [1.807, 2.05) is 13.8 Å².